The van der Waals surface area contributed by atoms with Crippen molar-refractivity contribution in [3.63, 3.8) is 0 Å². The Kier molecular flexibility index (Phi) is 3.99. The summed E-state index contributed by atoms with van der Waals surface area (Å²) >= 11 is 0. The molecule has 3 rings (SSSR count). The summed E-state index contributed by atoms with van der Waals surface area (Å²) < 4.78 is 0. The SMILES string of the molecule is CNc1cc(N(C)CCc2ccccn2)nc(C2CC2)n1. The highest BCUT2D eigenvalue weighted by Crippen LogP contribution is 2.39. The van der Waals surface area contributed by atoms with Crippen LogP contribution in [0.15, 0.2) is 30.5 Å². The molecular weight excluding hydrogens is 262 g/mol. The predicted molar refractivity (Wildman–Crippen MR) is 84.8 cm³/mol. The van der Waals surface area contributed by atoms with Gasteiger partial charge >= 0.3 is 0 Å². The van der Waals surface area contributed by atoms with Gasteiger partial charge in [0.05, 0.1) is 0 Å². The molecule has 5 nitrogen and oxygen atoms in total. The van der Waals surface area contributed by atoms with Crippen LogP contribution in [0.5, 0.6) is 0 Å². The zero-order chi connectivity index (χ0) is 14.7. The molecule has 110 valence electrons. The summed E-state index contributed by atoms with van der Waals surface area (Å²) in [6.07, 6.45) is 5.17. The van der Waals surface area contributed by atoms with Gasteiger partial charge < -0.3 is 10.2 Å². The number of hydrogen-bond donors (Lipinski definition) is 1. The topological polar surface area (TPSA) is 53.9 Å². The van der Waals surface area contributed by atoms with Gasteiger partial charge in [0.25, 0.3) is 0 Å². The van der Waals surface area contributed by atoms with Crippen molar-refractivity contribution >= 4 is 11.6 Å². The molecule has 0 aromatic carbocycles. The maximum Gasteiger partial charge on any atom is 0.136 e. The lowest BCUT2D eigenvalue weighted by atomic mass is 10.2. The van der Waals surface area contributed by atoms with Crippen molar-refractivity contribution in [1.29, 1.82) is 0 Å². The molecule has 0 amide bonds. The van der Waals surface area contributed by atoms with Crippen LogP contribution in [0.4, 0.5) is 11.6 Å². The van der Waals surface area contributed by atoms with E-state index in [0.717, 1.165) is 36.1 Å². The van der Waals surface area contributed by atoms with Crippen molar-refractivity contribution in [3.05, 3.63) is 42.0 Å². The van der Waals surface area contributed by atoms with E-state index in [1.54, 1.807) is 0 Å². The lowest BCUT2D eigenvalue weighted by Crippen LogP contribution is -2.22. The summed E-state index contributed by atoms with van der Waals surface area (Å²) in [4.78, 5) is 15.8. The Morgan fingerprint density at radius 2 is 2.14 bits per heavy atom. The van der Waals surface area contributed by atoms with Crippen molar-refractivity contribution in [1.82, 2.24) is 15.0 Å². The van der Waals surface area contributed by atoms with E-state index in [4.69, 9.17) is 4.98 Å². The molecule has 1 saturated carbocycles. The fourth-order valence-corrected chi connectivity index (χ4v) is 2.24. The summed E-state index contributed by atoms with van der Waals surface area (Å²) in [6, 6.07) is 8.03. The molecule has 1 N–H and O–H groups in total. The highest BCUT2D eigenvalue weighted by atomic mass is 15.2. The summed E-state index contributed by atoms with van der Waals surface area (Å²) in [5.74, 6) is 3.40. The smallest absolute Gasteiger partial charge is 0.136 e. The number of aromatic nitrogens is 3. The Balaban J connectivity index is 1.71. The molecule has 21 heavy (non-hydrogen) atoms. The molecule has 0 aliphatic heterocycles. The van der Waals surface area contributed by atoms with Crippen LogP contribution in [-0.4, -0.2) is 35.6 Å². The molecular formula is C16H21N5. The molecule has 0 saturated heterocycles. The minimum Gasteiger partial charge on any atom is -0.373 e. The molecule has 2 aromatic heterocycles. The van der Waals surface area contributed by atoms with Crippen LogP contribution in [0, 0.1) is 0 Å². The van der Waals surface area contributed by atoms with E-state index >= 15 is 0 Å². The monoisotopic (exact) mass is 283 g/mol. The molecule has 0 radical (unpaired) electrons. The lowest BCUT2D eigenvalue weighted by Gasteiger charge is -2.19. The number of nitrogens with one attached hydrogen (secondary N) is 1. The van der Waals surface area contributed by atoms with E-state index in [1.165, 1.54) is 12.8 Å². The van der Waals surface area contributed by atoms with E-state index in [1.807, 2.05) is 31.4 Å². The minimum absolute atomic E-state index is 0.557. The minimum atomic E-state index is 0.557. The molecule has 0 bridgehead atoms. The Bertz CT molecular complexity index is 595. The first-order valence-corrected chi connectivity index (χ1v) is 7.44. The van der Waals surface area contributed by atoms with Gasteiger partial charge in [-0.15, -0.1) is 0 Å². The standard InChI is InChI=1S/C16H21N5/c1-17-14-11-15(20-16(19-14)12-6-7-12)21(2)10-8-13-5-3-4-9-18-13/h3-5,9,11-12H,6-8,10H2,1-2H3,(H,17,19,20). The van der Waals surface area contributed by atoms with Gasteiger partial charge in [0.2, 0.25) is 0 Å². The number of pyridine rings is 1. The second kappa shape index (κ2) is 6.08. The molecule has 5 heteroatoms. The third-order valence-electron chi connectivity index (χ3n) is 3.75. The van der Waals surface area contributed by atoms with Crippen LogP contribution in [0.2, 0.25) is 0 Å². The van der Waals surface area contributed by atoms with Gasteiger partial charge in [0, 0.05) is 50.9 Å². The zero-order valence-corrected chi connectivity index (χ0v) is 12.6. The Morgan fingerprint density at radius 1 is 1.29 bits per heavy atom. The van der Waals surface area contributed by atoms with Gasteiger partial charge in [0.1, 0.15) is 17.5 Å². The van der Waals surface area contributed by atoms with Gasteiger partial charge in [-0.25, -0.2) is 9.97 Å². The summed E-state index contributed by atoms with van der Waals surface area (Å²) in [5, 5.41) is 3.13. The van der Waals surface area contributed by atoms with Crippen LogP contribution >= 0.6 is 0 Å². The van der Waals surface area contributed by atoms with Crippen molar-refractivity contribution in [2.45, 2.75) is 25.2 Å². The number of anilines is 2. The molecule has 1 fully saturated rings. The summed E-state index contributed by atoms with van der Waals surface area (Å²) in [5.41, 5.74) is 1.11. The third kappa shape index (κ3) is 3.48. The van der Waals surface area contributed by atoms with Crippen LogP contribution < -0.4 is 10.2 Å². The third-order valence-corrected chi connectivity index (χ3v) is 3.75. The van der Waals surface area contributed by atoms with E-state index in [9.17, 15) is 0 Å². The quantitative estimate of drug-likeness (QED) is 0.882. The molecule has 1 aliphatic rings. The predicted octanol–water partition coefficient (Wildman–Crippen LogP) is 2.47. The van der Waals surface area contributed by atoms with Crippen molar-refractivity contribution in [2.75, 3.05) is 30.9 Å². The Labute approximate surface area is 125 Å². The largest absolute Gasteiger partial charge is 0.373 e. The average Bonchev–Trinajstić information content (AvgIpc) is 3.38. The molecule has 2 heterocycles. The van der Waals surface area contributed by atoms with Gasteiger partial charge in [-0.2, -0.15) is 0 Å². The highest BCUT2D eigenvalue weighted by molar-refractivity contribution is 5.49. The number of hydrogen-bond acceptors (Lipinski definition) is 5. The highest BCUT2D eigenvalue weighted by Gasteiger charge is 2.27. The van der Waals surface area contributed by atoms with Crippen molar-refractivity contribution < 1.29 is 0 Å². The first-order chi connectivity index (χ1) is 10.3. The average molecular weight is 283 g/mol. The molecule has 1 aliphatic carbocycles. The van der Waals surface area contributed by atoms with Gasteiger partial charge in [-0.3, -0.25) is 4.98 Å². The second-order valence-corrected chi connectivity index (χ2v) is 5.49. The van der Waals surface area contributed by atoms with Crippen molar-refractivity contribution in [2.24, 2.45) is 0 Å². The fourth-order valence-electron chi connectivity index (χ4n) is 2.24. The first kappa shape index (κ1) is 13.8. The van der Waals surface area contributed by atoms with E-state index in [2.05, 4.69) is 33.3 Å². The van der Waals surface area contributed by atoms with Crippen molar-refractivity contribution in [3.8, 4) is 0 Å². The van der Waals surface area contributed by atoms with Gasteiger partial charge in [0.15, 0.2) is 0 Å². The number of likely N-dealkylation sites (N-methyl/N-ethyl adjacent to an activating group) is 1. The van der Waals surface area contributed by atoms with Crippen LogP contribution in [0.25, 0.3) is 0 Å². The maximum atomic E-state index is 4.71. The van der Waals surface area contributed by atoms with Gasteiger partial charge in [-0.1, -0.05) is 6.07 Å². The molecule has 2 aromatic rings. The summed E-state index contributed by atoms with van der Waals surface area (Å²) in [6.45, 7) is 0.890. The normalized spacial score (nSPS) is 14.0. The number of nitrogens with zero attached hydrogens (tertiary/aromatic N) is 4. The molecule has 0 atom stereocenters. The molecule has 0 spiro atoms. The molecule has 0 unspecified atom stereocenters. The number of rotatable bonds is 6. The maximum absolute atomic E-state index is 4.71. The Hall–Kier alpha value is -2.17. The lowest BCUT2D eigenvalue weighted by molar-refractivity contribution is 0.821. The van der Waals surface area contributed by atoms with E-state index < -0.39 is 0 Å². The van der Waals surface area contributed by atoms with Crippen LogP contribution in [0.1, 0.15) is 30.3 Å². The fraction of sp³-hybridized carbons (Fsp3) is 0.438. The van der Waals surface area contributed by atoms with Gasteiger partial charge in [-0.05, 0) is 25.0 Å². The second-order valence-electron chi connectivity index (χ2n) is 5.49. The Morgan fingerprint density at radius 3 is 2.81 bits per heavy atom. The summed E-state index contributed by atoms with van der Waals surface area (Å²) in [7, 11) is 3.97. The van der Waals surface area contributed by atoms with Crippen LogP contribution in [0.3, 0.4) is 0 Å². The zero-order valence-electron chi connectivity index (χ0n) is 12.6. The first-order valence-electron chi connectivity index (χ1n) is 7.44. The van der Waals surface area contributed by atoms with Crippen LogP contribution in [-0.2, 0) is 6.42 Å². The van der Waals surface area contributed by atoms with E-state index in [0.29, 0.717) is 5.92 Å². The van der Waals surface area contributed by atoms with E-state index in [-0.39, 0.29) is 0 Å².